The molecule has 0 bridgehead atoms. The molecule has 0 spiro atoms. The van der Waals surface area contributed by atoms with Gasteiger partial charge < -0.3 is 8.92 Å². The molecule has 0 atom stereocenters. The molecule has 0 aliphatic heterocycles. The van der Waals surface area contributed by atoms with Crippen molar-refractivity contribution < 1.29 is 22.1 Å². The van der Waals surface area contributed by atoms with Gasteiger partial charge in [-0.15, -0.1) is 0 Å². The Morgan fingerprint density at radius 2 is 1.56 bits per heavy atom. The van der Waals surface area contributed by atoms with Crippen LogP contribution in [0.15, 0.2) is 54.6 Å². The summed E-state index contributed by atoms with van der Waals surface area (Å²) in [6.45, 7) is 0. The highest BCUT2D eigenvalue weighted by molar-refractivity contribution is 7.87. The first-order valence-corrected chi connectivity index (χ1v) is 10.5. The predicted molar refractivity (Wildman–Crippen MR) is 104 cm³/mol. The van der Waals surface area contributed by atoms with E-state index in [2.05, 4.69) is 0 Å². The summed E-state index contributed by atoms with van der Waals surface area (Å²) in [4.78, 5) is 13.5. The third-order valence-corrected chi connectivity index (χ3v) is 6.33. The number of para-hydroxylation sites is 1. The first-order chi connectivity index (χ1) is 13.0. The SMILES string of the molecule is CN(C(=O)Oc1ccccc1)c1ccc(OS(=O)(=O)C2CCCCC2)cc1. The number of ether oxygens (including phenoxy) is 1. The number of anilines is 1. The Morgan fingerprint density at radius 3 is 2.19 bits per heavy atom. The van der Waals surface area contributed by atoms with Gasteiger partial charge in [-0.05, 0) is 49.2 Å². The van der Waals surface area contributed by atoms with E-state index < -0.39 is 21.5 Å². The number of hydrogen-bond acceptors (Lipinski definition) is 5. The zero-order valence-corrected chi connectivity index (χ0v) is 16.0. The molecule has 1 aliphatic rings. The molecule has 0 heterocycles. The van der Waals surface area contributed by atoms with Crippen molar-refractivity contribution >= 4 is 21.9 Å². The van der Waals surface area contributed by atoms with Crippen LogP contribution in [0.2, 0.25) is 0 Å². The van der Waals surface area contributed by atoms with Gasteiger partial charge in [0, 0.05) is 12.7 Å². The minimum absolute atomic E-state index is 0.245. The van der Waals surface area contributed by atoms with Gasteiger partial charge in [0.2, 0.25) is 0 Å². The molecular weight excluding hydrogens is 366 g/mol. The fourth-order valence-corrected chi connectivity index (χ4v) is 4.47. The smallest absolute Gasteiger partial charge is 0.410 e. The average molecular weight is 389 g/mol. The first-order valence-electron chi connectivity index (χ1n) is 9.00. The minimum Gasteiger partial charge on any atom is -0.410 e. The molecule has 27 heavy (non-hydrogen) atoms. The third kappa shape index (κ3) is 5.01. The molecule has 0 unspecified atom stereocenters. The molecule has 0 aromatic heterocycles. The van der Waals surface area contributed by atoms with Crippen molar-refractivity contribution in [1.29, 1.82) is 0 Å². The van der Waals surface area contributed by atoms with Crippen LogP contribution >= 0.6 is 0 Å². The Kier molecular flexibility index (Phi) is 6.01. The van der Waals surface area contributed by atoms with Gasteiger partial charge in [-0.2, -0.15) is 8.42 Å². The molecule has 0 N–H and O–H groups in total. The van der Waals surface area contributed by atoms with E-state index in [9.17, 15) is 13.2 Å². The second-order valence-corrected chi connectivity index (χ2v) is 8.39. The van der Waals surface area contributed by atoms with Crippen LogP contribution in [0.1, 0.15) is 32.1 Å². The molecule has 7 heteroatoms. The standard InChI is InChI=1S/C20H23NO5S/c1-21(20(22)25-17-8-4-2-5-9-17)16-12-14-18(15-13-16)26-27(23,24)19-10-6-3-7-11-19/h2,4-5,8-9,12-15,19H,3,6-7,10-11H2,1H3. The zero-order chi connectivity index (χ0) is 19.3. The van der Waals surface area contributed by atoms with Crippen molar-refractivity contribution in [3.8, 4) is 11.5 Å². The molecule has 6 nitrogen and oxygen atoms in total. The lowest BCUT2D eigenvalue weighted by molar-refractivity contribution is 0.209. The second kappa shape index (κ2) is 8.43. The Bertz CT molecular complexity index is 859. The van der Waals surface area contributed by atoms with Crippen molar-refractivity contribution in [1.82, 2.24) is 0 Å². The normalized spacial score (nSPS) is 15.1. The molecule has 3 rings (SSSR count). The van der Waals surface area contributed by atoms with Crippen LogP contribution in [-0.2, 0) is 10.1 Å². The molecule has 1 fully saturated rings. The van der Waals surface area contributed by atoms with Gasteiger partial charge in [-0.3, -0.25) is 4.90 Å². The number of hydrogen-bond donors (Lipinski definition) is 0. The molecule has 144 valence electrons. The van der Waals surface area contributed by atoms with E-state index in [4.69, 9.17) is 8.92 Å². The van der Waals surface area contributed by atoms with Crippen molar-refractivity contribution in [2.24, 2.45) is 0 Å². The van der Waals surface area contributed by atoms with Crippen molar-refractivity contribution in [2.45, 2.75) is 37.4 Å². The first kappa shape index (κ1) is 19.2. The monoisotopic (exact) mass is 389 g/mol. The predicted octanol–water partition coefficient (Wildman–Crippen LogP) is 4.36. The van der Waals surface area contributed by atoms with Crippen molar-refractivity contribution in [2.75, 3.05) is 11.9 Å². The molecule has 1 aliphatic carbocycles. The van der Waals surface area contributed by atoms with Crippen LogP contribution in [-0.4, -0.2) is 26.8 Å². The fraction of sp³-hybridized carbons (Fsp3) is 0.350. The van der Waals surface area contributed by atoms with Gasteiger partial charge >= 0.3 is 16.2 Å². The summed E-state index contributed by atoms with van der Waals surface area (Å²) in [6, 6.07) is 15.1. The number of carbonyl (C=O) groups excluding carboxylic acids is 1. The molecular formula is C20H23NO5S. The minimum atomic E-state index is -3.63. The van der Waals surface area contributed by atoms with E-state index in [0.29, 0.717) is 24.3 Å². The van der Waals surface area contributed by atoms with Crippen molar-refractivity contribution in [3.63, 3.8) is 0 Å². The van der Waals surface area contributed by atoms with Crippen LogP contribution in [0.4, 0.5) is 10.5 Å². The van der Waals surface area contributed by atoms with Gasteiger partial charge in [0.25, 0.3) is 0 Å². The van der Waals surface area contributed by atoms with Gasteiger partial charge in [0.15, 0.2) is 0 Å². The Morgan fingerprint density at radius 1 is 0.926 bits per heavy atom. The van der Waals surface area contributed by atoms with Crippen LogP contribution in [0.25, 0.3) is 0 Å². The Labute approximate surface area is 159 Å². The molecule has 0 radical (unpaired) electrons. The lowest BCUT2D eigenvalue weighted by atomic mass is 10.0. The topological polar surface area (TPSA) is 72.9 Å². The summed E-state index contributed by atoms with van der Waals surface area (Å²) in [7, 11) is -2.05. The number of amides is 1. The molecule has 0 saturated heterocycles. The lowest BCUT2D eigenvalue weighted by Crippen LogP contribution is -2.29. The van der Waals surface area contributed by atoms with Gasteiger partial charge in [0.05, 0.1) is 5.25 Å². The highest BCUT2D eigenvalue weighted by Crippen LogP contribution is 2.27. The zero-order valence-electron chi connectivity index (χ0n) is 15.2. The number of nitrogens with zero attached hydrogens (tertiary/aromatic N) is 1. The molecule has 2 aromatic rings. The molecule has 1 saturated carbocycles. The summed E-state index contributed by atoms with van der Waals surface area (Å²) in [6.07, 6.45) is 3.67. The Balaban J connectivity index is 1.63. The van der Waals surface area contributed by atoms with Crippen LogP contribution in [0.3, 0.4) is 0 Å². The number of rotatable bonds is 5. The largest absolute Gasteiger partial charge is 0.419 e. The maximum Gasteiger partial charge on any atom is 0.419 e. The van der Waals surface area contributed by atoms with E-state index in [1.807, 2.05) is 6.07 Å². The summed E-state index contributed by atoms with van der Waals surface area (Å²) in [5.41, 5.74) is 0.568. The number of carbonyl (C=O) groups is 1. The maximum absolute atomic E-state index is 12.4. The van der Waals surface area contributed by atoms with E-state index in [1.165, 1.54) is 4.90 Å². The highest BCUT2D eigenvalue weighted by atomic mass is 32.2. The molecule has 2 aromatic carbocycles. The van der Waals surface area contributed by atoms with Crippen LogP contribution < -0.4 is 13.8 Å². The molecule has 1 amide bonds. The van der Waals surface area contributed by atoms with Crippen LogP contribution in [0, 0.1) is 0 Å². The fourth-order valence-electron chi connectivity index (χ4n) is 3.04. The average Bonchev–Trinajstić information content (AvgIpc) is 2.69. The summed E-state index contributed by atoms with van der Waals surface area (Å²) >= 11 is 0. The Hall–Kier alpha value is -2.54. The van der Waals surface area contributed by atoms with E-state index in [0.717, 1.165) is 19.3 Å². The summed E-state index contributed by atoms with van der Waals surface area (Å²) < 4.78 is 35.3. The van der Waals surface area contributed by atoms with Gasteiger partial charge in [0.1, 0.15) is 11.5 Å². The lowest BCUT2D eigenvalue weighted by Gasteiger charge is -2.21. The number of benzene rings is 2. The highest BCUT2D eigenvalue weighted by Gasteiger charge is 2.29. The van der Waals surface area contributed by atoms with Crippen LogP contribution in [0.5, 0.6) is 11.5 Å². The maximum atomic E-state index is 12.4. The van der Waals surface area contributed by atoms with E-state index >= 15 is 0 Å². The van der Waals surface area contributed by atoms with Gasteiger partial charge in [-0.1, -0.05) is 37.5 Å². The van der Waals surface area contributed by atoms with Gasteiger partial charge in [-0.25, -0.2) is 4.79 Å². The summed E-state index contributed by atoms with van der Waals surface area (Å²) in [5, 5.41) is -0.436. The van der Waals surface area contributed by atoms with E-state index in [-0.39, 0.29) is 5.75 Å². The van der Waals surface area contributed by atoms with Crippen molar-refractivity contribution in [3.05, 3.63) is 54.6 Å². The van der Waals surface area contributed by atoms with E-state index in [1.54, 1.807) is 55.6 Å². The third-order valence-electron chi connectivity index (χ3n) is 4.62. The second-order valence-electron chi connectivity index (χ2n) is 6.57. The summed E-state index contributed by atoms with van der Waals surface area (Å²) in [5.74, 6) is 0.696. The quantitative estimate of drug-likeness (QED) is 0.710.